The van der Waals surface area contributed by atoms with Crippen molar-refractivity contribution in [2.45, 2.75) is 64.6 Å². The normalized spacial score (nSPS) is 14.3. The van der Waals surface area contributed by atoms with E-state index in [1.807, 2.05) is 54.6 Å². The number of para-hydroxylation sites is 1. The molecule has 1 N–H and O–H groups in total. The van der Waals surface area contributed by atoms with Gasteiger partial charge >= 0.3 is 6.09 Å². The summed E-state index contributed by atoms with van der Waals surface area (Å²) in [7, 11) is 4.61. The Morgan fingerprint density at radius 2 is 1.48 bits per heavy atom. The van der Waals surface area contributed by atoms with Crippen LogP contribution in [0.1, 0.15) is 56.6 Å². The van der Waals surface area contributed by atoms with Crippen molar-refractivity contribution in [1.82, 2.24) is 4.90 Å². The molecule has 7 nitrogen and oxygen atoms in total. The molecule has 0 spiro atoms. The molecule has 1 aliphatic rings. The third-order valence-corrected chi connectivity index (χ3v) is 9.01. The molecule has 0 unspecified atom stereocenters. The summed E-state index contributed by atoms with van der Waals surface area (Å²) in [5, 5.41) is 2.96. The third-order valence-electron chi connectivity index (χ3n) is 9.01. The molecule has 0 aliphatic carbocycles. The molecule has 1 heterocycles. The maximum Gasteiger partial charge on any atom is 0.411 e. The number of quaternary nitrogens is 1. The fraction of sp³-hybridized carbons (Fsp3) is 0.513. The maximum atomic E-state index is 12.7. The van der Waals surface area contributed by atoms with Gasteiger partial charge in [-0.2, -0.15) is 0 Å². The topological polar surface area (TPSA) is 60.0 Å². The third kappa shape index (κ3) is 12.5. The van der Waals surface area contributed by atoms with Crippen LogP contribution in [0.2, 0.25) is 0 Å². The number of hydrogen-bond donors (Lipinski definition) is 1. The number of rotatable bonds is 19. The number of ether oxygens (including phenoxy) is 3. The van der Waals surface area contributed by atoms with Crippen LogP contribution in [0.4, 0.5) is 10.5 Å². The van der Waals surface area contributed by atoms with Crippen LogP contribution in [0.15, 0.2) is 78.9 Å². The number of hydrogen-bond acceptors (Lipinski definition) is 5. The van der Waals surface area contributed by atoms with E-state index in [4.69, 9.17) is 14.2 Å². The minimum Gasteiger partial charge on any atom is -0.446 e. The van der Waals surface area contributed by atoms with E-state index in [0.29, 0.717) is 0 Å². The van der Waals surface area contributed by atoms with Crippen molar-refractivity contribution in [3.63, 3.8) is 0 Å². The lowest BCUT2D eigenvalue weighted by molar-refractivity contribution is -0.891. The number of likely N-dealkylation sites (tertiary alicyclic amines) is 1. The van der Waals surface area contributed by atoms with E-state index in [9.17, 15) is 4.79 Å². The number of piperidine rings is 1. The Balaban J connectivity index is 0.997. The van der Waals surface area contributed by atoms with Gasteiger partial charge in [0.25, 0.3) is 0 Å². The summed E-state index contributed by atoms with van der Waals surface area (Å²) < 4.78 is 18.8. The highest BCUT2D eigenvalue weighted by Gasteiger charge is 2.23. The van der Waals surface area contributed by atoms with E-state index in [2.05, 4.69) is 55.5 Å². The molecule has 4 rings (SSSR count). The maximum absolute atomic E-state index is 12.7. The number of anilines is 1. The summed E-state index contributed by atoms with van der Waals surface area (Å²) in [4.78, 5) is 15.1. The largest absolute Gasteiger partial charge is 0.446 e. The molecule has 1 amide bonds. The van der Waals surface area contributed by atoms with Gasteiger partial charge in [0, 0.05) is 31.8 Å². The lowest BCUT2D eigenvalue weighted by Crippen LogP contribution is -2.43. The highest BCUT2D eigenvalue weighted by Crippen LogP contribution is 2.28. The van der Waals surface area contributed by atoms with Crippen molar-refractivity contribution in [2.24, 2.45) is 0 Å². The van der Waals surface area contributed by atoms with Crippen LogP contribution in [0, 0.1) is 0 Å². The minimum atomic E-state index is -0.385. The van der Waals surface area contributed by atoms with Gasteiger partial charge in [0.2, 0.25) is 0 Å². The quantitative estimate of drug-likeness (QED) is 0.108. The Morgan fingerprint density at radius 3 is 2.26 bits per heavy atom. The van der Waals surface area contributed by atoms with E-state index >= 15 is 0 Å². The molecule has 1 saturated heterocycles. The summed E-state index contributed by atoms with van der Waals surface area (Å²) in [5.41, 5.74) is 5.53. The van der Waals surface area contributed by atoms with E-state index in [-0.39, 0.29) is 12.2 Å². The monoisotopic (exact) mass is 630 g/mol. The highest BCUT2D eigenvalue weighted by molar-refractivity contribution is 5.91. The number of carbonyl (C=O) groups excluding carboxylic acids is 1. The molecule has 0 bridgehead atoms. The molecule has 250 valence electrons. The van der Waals surface area contributed by atoms with E-state index in [0.717, 1.165) is 99.6 Å². The van der Waals surface area contributed by atoms with Gasteiger partial charge in [-0.15, -0.1) is 0 Å². The van der Waals surface area contributed by atoms with Gasteiger partial charge < -0.3 is 23.6 Å². The average Bonchev–Trinajstić information content (AvgIpc) is 3.07. The second kappa shape index (κ2) is 19.4. The fourth-order valence-corrected chi connectivity index (χ4v) is 6.05. The van der Waals surface area contributed by atoms with Gasteiger partial charge in [-0.25, -0.2) is 4.79 Å². The number of unbranched alkanes of at least 4 members (excludes halogenated alkanes) is 3. The molecule has 0 radical (unpaired) electrons. The number of benzene rings is 3. The van der Waals surface area contributed by atoms with Gasteiger partial charge in [-0.05, 0) is 61.3 Å². The second-order valence-corrected chi connectivity index (χ2v) is 13.1. The highest BCUT2D eigenvalue weighted by atomic mass is 16.6. The lowest BCUT2D eigenvalue weighted by Gasteiger charge is -2.32. The zero-order valence-corrected chi connectivity index (χ0v) is 28.4. The zero-order chi connectivity index (χ0) is 32.5. The van der Waals surface area contributed by atoms with Crippen molar-refractivity contribution in [2.75, 3.05) is 72.0 Å². The lowest BCUT2D eigenvalue weighted by atomic mass is 10.0. The summed E-state index contributed by atoms with van der Waals surface area (Å²) in [6.45, 7) is 10.2. The first-order valence-electron chi connectivity index (χ1n) is 17.3. The molecule has 3 aromatic carbocycles. The van der Waals surface area contributed by atoms with E-state index in [1.54, 1.807) is 0 Å². The number of aryl methyl sites for hydroxylation is 1. The summed E-state index contributed by atoms with van der Waals surface area (Å²) in [6, 6.07) is 26.5. The fourth-order valence-electron chi connectivity index (χ4n) is 6.05. The zero-order valence-electron chi connectivity index (χ0n) is 28.4. The van der Waals surface area contributed by atoms with Gasteiger partial charge in [-0.3, -0.25) is 5.32 Å². The average molecular weight is 631 g/mol. The molecule has 0 saturated carbocycles. The Hall–Kier alpha value is -3.23. The molecule has 0 aromatic heterocycles. The molecule has 3 aromatic rings. The summed E-state index contributed by atoms with van der Waals surface area (Å²) in [5.74, 6) is 0. The van der Waals surface area contributed by atoms with Crippen molar-refractivity contribution in [3.8, 4) is 11.1 Å². The van der Waals surface area contributed by atoms with Gasteiger partial charge in [0.05, 0.1) is 46.1 Å². The number of nitrogens with one attached hydrogen (secondary N) is 1. The first-order chi connectivity index (χ1) is 22.4. The van der Waals surface area contributed by atoms with Crippen molar-refractivity contribution in [3.05, 3.63) is 90.0 Å². The summed E-state index contributed by atoms with van der Waals surface area (Å²) in [6.07, 6.45) is 7.14. The van der Waals surface area contributed by atoms with Crippen LogP contribution in [0.25, 0.3) is 11.1 Å². The van der Waals surface area contributed by atoms with Crippen molar-refractivity contribution in [1.29, 1.82) is 0 Å². The predicted molar refractivity (Wildman–Crippen MR) is 188 cm³/mol. The molecular weight excluding hydrogens is 574 g/mol. The Bertz CT molecular complexity index is 1290. The number of likely N-dealkylation sites (N-methyl/N-ethyl adjacent to an activating group) is 1. The predicted octanol–water partition coefficient (Wildman–Crippen LogP) is 7.80. The number of amides is 1. The Morgan fingerprint density at radius 1 is 0.783 bits per heavy atom. The van der Waals surface area contributed by atoms with Crippen molar-refractivity contribution >= 4 is 11.8 Å². The van der Waals surface area contributed by atoms with Crippen LogP contribution in [0.5, 0.6) is 0 Å². The van der Waals surface area contributed by atoms with Crippen LogP contribution >= 0.6 is 0 Å². The molecule has 0 atom stereocenters. The first-order valence-corrected chi connectivity index (χ1v) is 17.3. The molecule has 46 heavy (non-hydrogen) atoms. The second-order valence-electron chi connectivity index (χ2n) is 13.1. The van der Waals surface area contributed by atoms with Crippen LogP contribution in [0.3, 0.4) is 0 Å². The Labute approximate surface area is 277 Å². The van der Waals surface area contributed by atoms with E-state index < -0.39 is 0 Å². The SMILES string of the molecule is CCc1ccccc1COCCCCCC[N+](C)(C)CCOCCN1CCC(OC(=O)Nc2ccccc2-c2ccccc2)CC1. The standard InChI is InChI=1S/C39H55N3O4/c1-4-33-16-10-11-19-35(33)32-45-29-15-6-5-14-27-42(2,3)28-31-44-30-26-41-24-22-36(23-25-41)46-39(43)40-38-21-13-12-20-37(38)34-17-8-7-9-18-34/h7-13,16-21,36H,4-6,14-15,22-32H2,1-3H3/p+1. The minimum absolute atomic E-state index is 0.0602. The molecule has 7 heteroatoms. The number of nitrogens with zero attached hydrogens (tertiary/aromatic N) is 2. The molecule has 1 fully saturated rings. The van der Waals surface area contributed by atoms with Crippen LogP contribution in [-0.4, -0.2) is 88.2 Å². The van der Waals surface area contributed by atoms with Crippen LogP contribution < -0.4 is 5.32 Å². The van der Waals surface area contributed by atoms with Crippen LogP contribution in [-0.2, 0) is 27.2 Å². The van der Waals surface area contributed by atoms with E-state index in [1.165, 1.54) is 36.9 Å². The first kappa shape index (κ1) is 35.6. The van der Waals surface area contributed by atoms with Crippen molar-refractivity contribution < 1.29 is 23.5 Å². The molecular formula is C39H56N3O4+. The van der Waals surface area contributed by atoms with Gasteiger partial charge in [0.1, 0.15) is 12.6 Å². The number of carbonyl (C=O) groups is 1. The van der Waals surface area contributed by atoms with Gasteiger partial charge in [-0.1, -0.05) is 86.1 Å². The van der Waals surface area contributed by atoms with Gasteiger partial charge in [0.15, 0.2) is 0 Å². The molecule has 1 aliphatic heterocycles. The summed E-state index contributed by atoms with van der Waals surface area (Å²) >= 11 is 0. The smallest absolute Gasteiger partial charge is 0.411 e. The Kier molecular flexibility index (Phi) is 15.0.